The number of phenolic OH excluding ortho intramolecular Hbond substituents is 1. The van der Waals surface area contributed by atoms with E-state index in [1.807, 2.05) is 0 Å². The molecule has 0 bridgehead atoms. The molecule has 1 aromatic carbocycles. The Hall–Kier alpha value is -2.52. The van der Waals surface area contributed by atoms with Crippen LogP contribution in [0.4, 0.5) is 10.5 Å². The normalized spacial score (nSPS) is 21.0. The van der Waals surface area contributed by atoms with Gasteiger partial charge in [0.15, 0.2) is 26.0 Å². The number of carbonyl (C=O) groups is 2. The number of amides is 2. The zero-order chi connectivity index (χ0) is 23.8. The zero-order valence-corrected chi connectivity index (χ0v) is 20.8. The Kier molecular flexibility index (Phi) is 6.62. The van der Waals surface area contributed by atoms with E-state index in [1.54, 1.807) is 4.90 Å². The van der Waals surface area contributed by atoms with Gasteiger partial charge in [-0.1, -0.05) is 33.4 Å². The van der Waals surface area contributed by atoms with E-state index in [0.29, 0.717) is 13.0 Å². The Labute approximate surface area is 190 Å². The summed E-state index contributed by atoms with van der Waals surface area (Å²) in [5.41, 5.74) is 0.518. The topological polar surface area (TPSA) is 88.5 Å². The van der Waals surface area contributed by atoms with Crippen LogP contribution in [-0.2, 0) is 9.16 Å². The lowest BCUT2D eigenvalue weighted by Crippen LogP contribution is -2.58. The number of ether oxygens (including phenoxy) is 2. The van der Waals surface area contributed by atoms with Gasteiger partial charge < -0.3 is 23.9 Å². The van der Waals surface area contributed by atoms with Crippen LogP contribution >= 0.6 is 0 Å². The summed E-state index contributed by atoms with van der Waals surface area (Å²) in [6.45, 7) is 14.8. The molecule has 2 amide bonds. The molecule has 2 aliphatic rings. The Morgan fingerprint density at radius 3 is 2.62 bits per heavy atom. The van der Waals surface area contributed by atoms with Crippen molar-refractivity contribution in [2.24, 2.45) is 0 Å². The van der Waals surface area contributed by atoms with Gasteiger partial charge in [0.05, 0.1) is 24.4 Å². The van der Waals surface area contributed by atoms with Crippen molar-refractivity contribution in [1.29, 1.82) is 0 Å². The van der Waals surface area contributed by atoms with Crippen molar-refractivity contribution < 1.29 is 28.6 Å². The summed E-state index contributed by atoms with van der Waals surface area (Å²) in [4.78, 5) is 30.0. The standard InChI is InChI=1S/C23H34N2O6Si/c1-8-12-30-22(28)25-17-14-18(26)19(29-5)13-15(17)20(27)24-11-9-10-16(24)21(25)31-32(6,7)23(2,3)4/h8,13-14,16,21,26H,1,9-12H2,2-7H3/t16-,21?/m0/s1. The highest BCUT2D eigenvalue weighted by Crippen LogP contribution is 2.44. The van der Waals surface area contributed by atoms with E-state index >= 15 is 0 Å². The van der Waals surface area contributed by atoms with Gasteiger partial charge in [0, 0.05) is 12.6 Å². The fraction of sp³-hybridized carbons (Fsp3) is 0.565. The molecule has 2 heterocycles. The first kappa shape index (κ1) is 24.1. The third kappa shape index (κ3) is 4.23. The number of carbonyl (C=O) groups excluding carboxylic acids is 2. The number of rotatable bonds is 5. The maximum absolute atomic E-state index is 13.5. The van der Waals surface area contributed by atoms with Crippen LogP contribution in [0.25, 0.3) is 0 Å². The second-order valence-corrected chi connectivity index (χ2v) is 14.5. The minimum absolute atomic E-state index is 0.0158. The maximum atomic E-state index is 13.5. The minimum atomic E-state index is -2.36. The van der Waals surface area contributed by atoms with Gasteiger partial charge in [-0.2, -0.15) is 0 Å². The van der Waals surface area contributed by atoms with Crippen LogP contribution in [-0.4, -0.2) is 62.9 Å². The molecule has 9 heteroatoms. The summed E-state index contributed by atoms with van der Waals surface area (Å²) < 4.78 is 17.4. The lowest BCUT2D eigenvalue weighted by Gasteiger charge is -2.44. The molecule has 0 radical (unpaired) electrons. The molecule has 1 saturated heterocycles. The van der Waals surface area contributed by atoms with Crippen LogP contribution in [0.15, 0.2) is 24.8 Å². The monoisotopic (exact) mass is 462 g/mol. The van der Waals surface area contributed by atoms with Gasteiger partial charge in [-0.25, -0.2) is 9.69 Å². The van der Waals surface area contributed by atoms with Gasteiger partial charge in [-0.05, 0) is 37.0 Å². The van der Waals surface area contributed by atoms with Crippen LogP contribution in [0, 0.1) is 0 Å². The molecule has 176 valence electrons. The summed E-state index contributed by atoms with van der Waals surface area (Å²) in [6.07, 6.45) is 1.61. The fourth-order valence-electron chi connectivity index (χ4n) is 3.91. The second kappa shape index (κ2) is 8.78. The third-order valence-corrected chi connectivity index (χ3v) is 11.1. The van der Waals surface area contributed by atoms with Crippen molar-refractivity contribution in [3.8, 4) is 11.5 Å². The molecule has 1 aromatic rings. The molecule has 1 unspecified atom stereocenters. The summed E-state index contributed by atoms with van der Waals surface area (Å²) in [7, 11) is -0.945. The Bertz CT molecular complexity index is 910. The van der Waals surface area contributed by atoms with E-state index in [1.165, 1.54) is 30.2 Å². The van der Waals surface area contributed by atoms with Gasteiger partial charge in [0.1, 0.15) is 6.61 Å². The number of aromatic hydroxyl groups is 1. The molecule has 1 N–H and O–H groups in total. The van der Waals surface area contributed by atoms with Crippen LogP contribution in [0.5, 0.6) is 11.5 Å². The lowest BCUT2D eigenvalue weighted by atomic mass is 10.1. The summed E-state index contributed by atoms with van der Waals surface area (Å²) in [5.74, 6) is -0.228. The summed E-state index contributed by atoms with van der Waals surface area (Å²) in [6, 6.07) is 2.53. The number of anilines is 1. The number of fused-ring (bicyclic) bond motifs is 2. The number of nitrogens with zero attached hydrogens (tertiary/aromatic N) is 2. The molecule has 32 heavy (non-hydrogen) atoms. The molecule has 0 spiro atoms. The molecule has 0 saturated carbocycles. The Morgan fingerprint density at radius 2 is 2.03 bits per heavy atom. The third-order valence-electron chi connectivity index (χ3n) is 6.67. The zero-order valence-electron chi connectivity index (χ0n) is 19.8. The Morgan fingerprint density at radius 1 is 1.34 bits per heavy atom. The van der Waals surface area contributed by atoms with Crippen molar-refractivity contribution in [3.63, 3.8) is 0 Å². The van der Waals surface area contributed by atoms with Gasteiger partial charge >= 0.3 is 6.09 Å². The highest BCUT2D eigenvalue weighted by Gasteiger charge is 2.50. The van der Waals surface area contributed by atoms with Crippen molar-refractivity contribution >= 4 is 26.0 Å². The van der Waals surface area contributed by atoms with E-state index in [-0.39, 0.29) is 46.3 Å². The van der Waals surface area contributed by atoms with E-state index in [4.69, 9.17) is 13.9 Å². The predicted octanol–water partition coefficient (Wildman–Crippen LogP) is 4.50. The smallest absolute Gasteiger partial charge is 0.416 e. The minimum Gasteiger partial charge on any atom is -0.504 e. The number of benzene rings is 1. The average Bonchev–Trinajstić information content (AvgIpc) is 3.17. The first-order valence-corrected chi connectivity index (χ1v) is 13.8. The molecule has 1 fully saturated rings. The first-order chi connectivity index (χ1) is 14.9. The van der Waals surface area contributed by atoms with E-state index in [9.17, 15) is 14.7 Å². The highest BCUT2D eigenvalue weighted by atomic mass is 28.4. The number of hydrogen-bond acceptors (Lipinski definition) is 6. The SMILES string of the molecule is C=CCOC(=O)N1c2cc(O)c(OC)cc2C(=O)N2CCC[C@H]2C1O[Si](C)(C)C(C)(C)C. The first-order valence-electron chi connectivity index (χ1n) is 10.9. The lowest BCUT2D eigenvalue weighted by molar-refractivity contribution is 0.0528. The van der Waals surface area contributed by atoms with Gasteiger partial charge in [-0.15, -0.1) is 0 Å². The number of phenols is 1. The van der Waals surface area contributed by atoms with Gasteiger partial charge in [0.2, 0.25) is 0 Å². The Balaban J connectivity index is 2.22. The van der Waals surface area contributed by atoms with Crippen molar-refractivity contribution in [1.82, 2.24) is 4.90 Å². The van der Waals surface area contributed by atoms with Crippen molar-refractivity contribution in [3.05, 3.63) is 30.4 Å². The largest absolute Gasteiger partial charge is 0.504 e. The van der Waals surface area contributed by atoms with E-state index in [0.717, 1.165) is 6.42 Å². The molecule has 0 aliphatic carbocycles. The van der Waals surface area contributed by atoms with Crippen LogP contribution in [0.1, 0.15) is 44.0 Å². The fourth-order valence-corrected chi connectivity index (χ4v) is 5.13. The number of methoxy groups -OCH3 is 1. The molecule has 2 atom stereocenters. The predicted molar refractivity (Wildman–Crippen MR) is 125 cm³/mol. The van der Waals surface area contributed by atoms with Gasteiger partial charge in [-0.3, -0.25) is 4.79 Å². The molecule has 2 aliphatic heterocycles. The van der Waals surface area contributed by atoms with Crippen LogP contribution in [0.2, 0.25) is 18.1 Å². The van der Waals surface area contributed by atoms with Crippen molar-refractivity contribution in [2.75, 3.05) is 25.2 Å². The molecule has 0 aromatic heterocycles. The molecule has 3 rings (SSSR count). The number of hydrogen-bond donors (Lipinski definition) is 1. The van der Waals surface area contributed by atoms with Crippen LogP contribution in [0.3, 0.4) is 0 Å². The van der Waals surface area contributed by atoms with Crippen LogP contribution < -0.4 is 9.64 Å². The molecular weight excluding hydrogens is 428 g/mol. The van der Waals surface area contributed by atoms with Crippen molar-refractivity contribution in [2.45, 2.75) is 64.0 Å². The van der Waals surface area contributed by atoms with E-state index in [2.05, 4.69) is 40.4 Å². The summed E-state index contributed by atoms with van der Waals surface area (Å²) in [5, 5.41) is 10.4. The average molecular weight is 463 g/mol. The van der Waals surface area contributed by atoms with Gasteiger partial charge in [0.25, 0.3) is 5.91 Å². The summed E-state index contributed by atoms with van der Waals surface area (Å²) >= 11 is 0. The molecule has 8 nitrogen and oxygen atoms in total. The van der Waals surface area contributed by atoms with E-state index < -0.39 is 20.6 Å². The highest BCUT2D eigenvalue weighted by molar-refractivity contribution is 6.74. The maximum Gasteiger partial charge on any atom is 0.416 e. The second-order valence-electron chi connectivity index (χ2n) is 9.75. The molecular formula is C23H34N2O6Si. The quantitative estimate of drug-likeness (QED) is 0.512.